The molecular weight excluding hydrogens is 386 g/mol. The van der Waals surface area contributed by atoms with Crippen LogP contribution < -0.4 is 10.2 Å². The monoisotopic (exact) mass is 411 g/mol. The summed E-state index contributed by atoms with van der Waals surface area (Å²) in [5, 5.41) is 4.25. The van der Waals surface area contributed by atoms with E-state index in [0.717, 1.165) is 47.6 Å². The Kier molecular flexibility index (Phi) is 5.64. The molecule has 0 atom stereocenters. The SMILES string of the molecule is CCOC(=O)c1sc2ncnc(Nc3ccc(N4CCN(C)CC4)cc3)c2c1C. The number of esters is 1. The van der Waals surface area contributed by atoms with Crippen LogP contribution in [0.3, 0.4) is 0 Å². The van der Waals surface area contributed by atoms with Crippen molar-refractivity contribution in [1.29, 1.82) is 0 Å². The van der Waals surface area contributed by atoms with Crippen LogP contribution in [0, 0.1) is 6.92 Å². The number of aryl methyl sites for hydroxylation is 1. The first-order chi connectivity index (χ1) is 14.1. The molecule has 1 fully saturated rings. The Bertz CT molecular complexity index is 1010. The van der Waals surface area contributed by atoms with E-state index in [0.29, 0.717) is 17.3 Å². The Morgan fingerprint density at radius 2 is 1.90 bits per heavy atom. The molecule has 1 saturated heterocycles. The molecule has 0 radical (unpaired) electrons. The highest BCUT2D eigenvalue weighted by Crippen LogP contribution is 2.35. The maximum Gasteiger partial charge on any atom is 0.348 e. The number of carbonyl (C=O) groups is 1. The molecular formula is C21H25N5O2S. The number of nitrogens with zero attached hydrogens (tertiary/aromatic N) is 4. The lowest BCUT2D eigenvalue weighted by atomic mass is 10.2. The van der Waals surface area contributed by atoms with Crippen LogP contribution in [0.15, 0.2) is 30.6 Å². The maximum absolute atomic E-state index is 12.2. The molecule has 0 spiro atoms. The first-order valence-electron chi connectivity index (χ1n) is 9.78. The summed E-state index contributed by atoms with van der Waals surface area (Å²) in [4.78, 5) is 27.1. The number of carbonyl (C=O) groups excluding carboxylic acids is 1. The molecule has 0 bridgehead atoms. The summed E-state index contributed by atoms with van der Waals surface area (Å²) in [7, 11) is 2.16. The molecule has 3 aromatic rings. The Balaban J connectivity index is 1.57. The smallest absolute Gasteiger partial charge is 0.348 e. The molecule has 0 amide bonds. The van der Waals surface area contributed by atoms with Crippen LogP contribution >= 0.6 is 11.3 Å². The van der Waals surface area contributed by atoms with Gasteiger partial charge in [-0.1, -0.05) is 0 Å². The van der Waals surface area contributed by atoms with Crippen molar-refractivity contribution in [2.24, 2.45) is 0 Å². The van der Waals surface area contributed by atoms with E-state index in [9.17, 15) is 4.79 Å². The van der Waals surface area contributed by atoms with E-state index in [4.69, 9.17) is 4.74 Å². The van der Waals surface area contributed by atoms with E-state index in [2.05, 4.69) is 56.4 Å². The molecule has 0 unspecified atom stereocenters. The van der Waals surface area contributed by atoms with Gasteiger partial charge in [0.2, 0.25) is 0 Å². The second-order valence-electron chi connectivity index (χ2n) is 7.14. The van der Waals surface area contributed by atoms with Crippen LogP contribution in [-0.4, -0.2) is 60.7 Å². The van der Waals surface area contributed by atoms with Crippen molar-refractivity contribution in [1.82, 2.24) is 14.9 Å². The second kappa shape index (κ2) is 8.34. The van der Waals surface area contributed by atoms with E-state index < -0.39 is 0 Å². The third-order valence-corrected chi connectivity index (χ3v) is 6.37. The van der Waals surface area contributed by atoms with Gasteiger partial charge in [-0.05, 0) is 50.7 Å². The van der Waals surface area contributed by atoms with Crippen molar-refractivity contribution in [3.05, 3.63) is 41.0 Å². The lowest BCUT2D eigenvalue weighted by Gasteiger charge is -2.34. The van der Waals surface area contributed by atoms with E-state index in [1.165, 1.54) is 23.4 Å². The highest BCUT2D eigenvalue weighted by atomic mass is 32.1. The van der Waals surface area contributed by atoms with Crippen molar-refractivity contribution in [2.75, 3.05) is 50.1 Å². The molecule has 4 rings (SSSR count). The van der Waals surface area contributed by atoms with Crippen molar-refractivity contribution in [3.8, 4) is 0 Å². The molecule has 1 aliphatic heterocycles. The van der Waals surface area contributed by atoms with Gasteiger partial charge < -0.3 is 19.9 Å². The molecule has 1 N–H and O–H groups in total. The normalized spacial score (nSPS) is 14.9. The summed E-state index contributed by atoms with van der Waals surface area (Å²) < 4.78 is 5.17. The second-order valence-corrected chi connectivity index (χ2v) is 8.14. The van der Waals surface area contributed by atoms with Crippen LogP contribution in [0.4, 0.5) is 17.2 Å². The molecule has 8 heteroatoms. The van der Waals surface area contributed by atoms with Crippen LogP contribution in [0.2, 0.25) is 0 Å². The number of nitrogens with one attached hydrogen (secondary N) is 1. The van der Waals surface area contributed by atoms with Crippen molar-refractivity contribution in [3.63, 3.8) is 0 Å². The number of hydrogen-bond acceptors (Lipinski definition) is 8. The largest absolute Gasteiger partial charge is 0.462 e. The zero-order valence-electron chi connectivity index (χ0n) is 16.9. The molecule has 0 aliphatic carbocycles. The van der Waals surface area contributed by atoms with E-state index >= 15 is 0 Å². The fourth-order valence-electron chi connectivity index (χ4n) is 3.51. The summed E-state index contributed by atoms with van der Waals surface area (Å²) >= 11 is 1.34. The number of fused-ring (bicyclic) bond motifs is 1. The molecule has 29 heavy (non-hydrogen) atoms. The van der Waals surface area contributed by atoms with E-state index in [1.807, 2.05) is 6.92 Å². The number of piperazine rings is 1. The zero-order chi connectivity index (χ0) is 20.4. The third kappa shape index (κ3) is 4.04. The Morgan fingerprint density at radius 3 is 2.59 bits per heavy atom. The van der Waals surface area contributed by atoms with Crippen LogP contribution in [0.1, 0.15) is 22.2 Å². The van der Waals surface area contributed by atoms with Gasteiger partial charge in [0.05, 0.1) is 12.0 Å². The van der Waals surface area contributed by atoms with Crippen molar-refractivity contribution < 1.29 is 9.53 Å². The molecule has 0 saturated carbocycles. The number of hydrogen-bond donors (Lipinski definition) is 1. The lowest BCUT2D eigenvalue weighted by molar-refractivity contribution is 0.0531. The average molecular weight is 412 g/mol. The number of likely N-dealkylation sites (N-methyl/N-ethyl adjacent to an activating group) is 1. The summed E-state index contributed by atoms with van der Waals surface area (Å²) in [5.74, 6) is 0.391. The fourth-order valence-corrected chi connectivity index (χ4v) is 4.56. The van der Waals surface area contributed by atoms with Gasteiger partial charge in [0.1, 0.15) is 21.9 Å². The minimum atomic E-state index is -0.310. The standard InChI is InChI=1S/C21H25N5O2S/c1-4-28-21(27)18-14(2)17-19(22-13-23-20(17)29-18)24-15-5-7-16(8-6-15)26-11-9-25(3)10-12-26/h5-8,13H,4,9-12H2,1-3H3,(H,22,23,24). The number of thiophene rings is 1. The van der Waals surface area contributed by atoms with Gasteiger partial charge in [-0.3, -0.25) is 0 Å². The van der Waals surface area contributed by atoms with Gasteiger partial charge in [-0.15, -0.1) is 11.3 Å². The molecule has 7 nitrogen and oxygen atoms in total. The lowest BCUT2D eigenvalue weighted by Crippen LogP contribution is -2.44. The average Bonchev–Trinajstić information content (AvgIpc) is 3.07. The van der Waals surface area contributed by atoms with Crippen molar-refractivity contribution in [2.45, 2.75) is 13.8 Å². The quantitative estimate of drug-likeness (QED) is 0.642. The van der Waals surface area contributed by atoms with Gasteiger partial charge in [0.25, 0.3) is 0 Å². The van der Waals surface area contributed by atoms with Crippen LogP contribution in [-0.2, 0) is 4.74 Å². The molecule has 152 valence electrons. The van der Waals surface area contributed by atoms with Gasteiger partial charge in [-0.25, -0.2) is 14.8 Å². The minimum Gasteiger partial charge on any atom is -0.462 e. The predicted molar refractivity (Wildman–Crippen MR) is 118 cm³/mol. The predicted octanol–water partition coefficient (Wildman–Crippen LogP) is 3.67. The number of benzene rings is 1. The number of rotatable bonds is 5. The topological polar surface area (TPSA) is 70.6 Å². The van der Waals surface area contributed by atoms with Gasteiger partial charge in [0.15, 0.2) is 0 Å². The highest BCUT2D eigenvalue weighted by molar-refractivity contribution is 7.20. The summed E-state index contributed by atoms with van der Waals surface area (Å²) in [5.41, 5.74) is 3.03. The molecule has 3 heterocycles. The molecule has 1 aliphatic rings. The maximum atomic E-state index is 12.2. The van der Waals surface area contributed by atoms with E-state index in [-0.39, 0.29) is 5.97 Å². The van der Waals surface area contributed by atoms with Crippen molar-refractivity contribution >= 4 is 44.7 Å². The first kappa shape index (κ1) is 19.6. The Hall–Kier alpha value is -2.71. The third-order valence-electron chi connectivity index (χ3n) is 5.19. The highest BCUT2D eigenvalue weighted by Gasteiger charge is 2.20. The number of aromatic nitrogens is 2. The van der Waals surface area contributed by atoms with Gasteiger partial charge in [0, 0.05) is 37.6 Å². The Morgan fingerprint density at radius 1 is 1.17 bits per heavy atom. The number of anilines is 3. The number of ether oxygens (including phenoxy) is 1. The minimum absolute atomic E-state index is 0.310. The van der Waals surface area contributed by atoms with Gasteiger partial charge in [-0.2, -0.15) is 0 Å². The summed E-state index contributed by atoms with van der Waals surface area (Å²) in [6.07, 6.45) is 1.52. The van der Waals surface area contributed by atoms with Crippen LogP contribution in [0.5, 0.6) is 0 Å². The summed E-state index contributed by atoms with van der Waals surface area (Å²) in [6, 6.07) is 8.40. The Labute approximate surface area is 174 Å². The molecule has 2 aromatic heterocycles. The molecule has 1 aromatic carbocycles. The summed E-state index contributed by atoms with van der Waals surface area (Å²) in [6.45, 7) is 8.32. The fraction of sp³-hybridized carbons (Fsp3) is 0.381. The zero-order valence-corrected chi connectivity index (χ0v) is 17.8. The van der Waals surface area contributed by atoms with Gasteiger partial charge >= 0.3 is 5.97 Å². The first-order valence-corrected chi connectivity index (χ1v) is 10.6. The van der Waals surface area contributed by atoms with Crippen LogP contribution in [0.25, 0.3) is 10.2 Å². The van der Waals surface area contributed by atoms with E-state index in [1.54, 1.807) is 6.92 Å².